The Labute approximate surface area is 74.6 Å². The molecule has 3 heteroatoms. The van der Waals surface area contributed by atoms with Crippen LogP contribution in [-0.2, 0) is 13.0 Å². The third-order valence-electron chi connectivity index (χ3n) is 2.56. The molecule has 0 aliphatic carbocycles. The van der Waals surface area contributed by atoms with E-state index in [-0.39, 0.29) is 5.56 Å². The van der Waals surface area contributed by atoms with Crippen molar-refractivity contribution in [3.8, 4) is 0 Å². The van der Waals surface area contributed by atoms with Gasteiger partial charge in [0, 0.05) is 18.8 Å². The van der Waals surface area contributed by atoms with Gasteiger partial charge in [-0.1, -0.05) is 0 Å². The number of pyridine rings is 2. The Hall–Kier alpha value is -1.64. The number of nitrogens with zero attached hydrogens (tertiary/aromatic N) is 2. The van der Waals surface area contributed by atoms with E-state index in [1.165, 1.54) is 5.56 Å². The summed E-state index contributed by atoms with van der Waals surface area (Å²) in [6, 6.07) is 5.37. The van der Waals surface area contributed by atoms with E-state index in [0.29, 0.717) is 0 Å². The predicted molar refractivity (Wildman–Crippen MR) is 49.7 cm³/mol. The van der Waals surface area contributed by atoms with E-state index in [1.807, 2.05) is 6.07 Å². The van der Waals surface area contributed by atoms with E-state index in [4.69, 9.17) is 0 Å². The normalized spacial score (nSPS) is 13.8. The maximum absolute atomic E-state index is 11.4. The minimum atomic E-state index is 0.0826. The van der Waals surface area contributed by atoms with Crippen molar-refractivity contribution in [2.75, 3.05) is 0 Å². The molecule has 0 radical (unpaired) electrons. The number of hydrogen-bond acceptors (Lipinski definition) is 2. The average Bonchev–Trinajstić information content (AvgIpc) is 2.57. The van der Waals surface area contributed by atoms with Gasteiger partial charge in [-0.15, -0.1) is 0 Å². The first kappa shape index (κ1) is 6.83. The predicted octanol–water partition coefficient (Wildman–Crippen LogP) is 0.953. The molecule has 3 nitrogen and oxygen atoms in total. The molecule has 3 heterocycles. The lowest BCUT2D eigenvalue weighted by atomic mass is 10.2. The van der Waals surface area contributed by atoms with Gasteiger partial charge in [-0.25, -0.2) is 0 Å². The largest absolute Gasteiger partial charge is 0.306 e. The Morgan fingerprint density at radius 1 is 1.31 bits per heavy atom. The van der Waals surface area contributed by atoms with Gasteiger partial charge >= 0.3 is 0 Å². The second-order valence-electron chi connectivity index (χ2n) is 3.28. The maximum Gasteiger partial charge on any atom is 0.251 e. The Balaban J connectivity index is 2.64. The van der Waals surface area contributed by atoms with Crippen molar-refractivity contribution in [3.05, 3.63) is 40.3 Å². The van der Waals surface area contributed by atoms with Crippen LogP contribution in [0.5, 0.6) is 0 Å². The number of aromatic nitrogens is 2. The number of rotatable bonds is 0. The molecule has 0 fully saturated rings. The molecule has 0 unspecified atom stereocenters. The third-order valence-corrected chi connectivity index (χ3v) is 2.56. The molecule has 0 bridgehead atoms. The van der Waals surface area contributed by atoms with Crippen LogP contribution in [0.1, 0.15) is 5.56 Å². The molecule has 64 valence electrons. The Morgan fingerprint density at radius 2 is 2.23 bits per heavy atom. The van der Waals surface area contributed by atoms with Crippen molar-refractivity contribution in [2.45, 2.75) is 13.0 Å². The monoisotopic (exact) mass is 172 g/mol. The van der Waals surface area contributed by atoms with Gasteiger partial charge in [-0.2, -0.15) is 0 Å². The summed E-state index contributed by atoms with van der Waals surface area (Å²) in [6.07, 6.45) is 2.76. The lowest BCUT2D eigenvalue weighted by Gasteiger charge is -2.00. The van der Waals surface area contributed by atoms with Crippen molar-refractivity contribution in [3.63, 3.8) is 0 Å². The van der Waals surface area contributed by atoms with Gasteiger partial charge < -0.3 is 4.57 Å². The minimum Gasteiger partial charge on any atom is -0.306 e. The lowest BCUT2D eigenvalue weighted by molar-refractivity contribution is 0.742. The molecule has 1 aliphatic rings. The molecule has 13 heavy (non-hydrogen) atoms. The minimum absolute atomic E-state index is 0.0826. The highest BCUT2D eigenvalue weighted by Crippen LogP contribution is 2.20. The highest BCUT2D eigenvalue weighted by Gasteiger charge is 2.14. The third kappa shape index (κ3) is 0.786. The topological polar surface area (TPSA) is 34.9 Å². The highest BCUT2D eigenvalue weighted by molar-refractivity contribution is 5.79. The van der Waals surface area contributed by atoms with Crippen LogP contribution in [0.2, 0.25) is 0 Å². The molecule has 3 rings (SSSR count). The van der Waals surface area contributed by atoms with E-state index < -0.39 is 0 Å². The zero-order valence-corrected chi connectivity index (χ0v) is 7.03. The number of aryl methyl sites for hydroxylation is 2. The summed E-state index contributed by atoms with van der Waals surface area (Å²) in [4.78, 5) is 15.7. The van der Waals surface area contributed by atoms with Crippen molar-refractivity contribution < 1.29 is 0 Å². The molecular weight excluding hydrogens is 164 g/mol. The Kier molecular flexibility index (Phi) is 1.15. The van der Waals surface area contributed by atoms with Crippen LogP contribution in [0.4, 0.5) is 0 Å². The van der Waals surface area contributed by atoms with E-state index in [1.54, 1.807) is 22.9 Å². The van der Waals surface area contributed by atoms with Crippen LogP contribution in [0.3, 0.4) is 0 Å². The van der Waals surface area contributed by atoms with Gasteiger partial charge in [-0.3, -0.25) is 9.78 Å². The van der Waals surface area contributed by atoms with Gasteiger partial charge in [0.2, 0.25) is 0 Å². The van der Waals surface area contributed by atoms with Crippen molar-refractivity contribution in [1.29, 1.82) is 0 Å². The summed E-state index contributed by atoms with van der Waals surface area (Å²) in [7, 11) is 0. The summed E-state index contributed by atoms with van der Waals surface area (Å²) in [5.41, 5.74) is 3.27. The van der Waals surface area contributed by atoms with Crippen molar-refractivity contribution >= 4 is 11.0 Å². The van der Waals surface area contributed by atoms with Crippen LogP contribution < -0.4 is 5.56 Å². The number of hydrogen-bond donors (Lipinski definition) is 0. The van der Waals surface area contributed by atoms with Gasteiger partial charge in [0.05, 0.1) is 11.0 Å². The summed E-state index contributed by atoms with van der Waals surface area (Å²) in [6.45, 7) is 0.803. The lowest BCUT2D eigenvalue weighted by Crippen LogP contribution is -2.16. The maximum atomic E-state index is 11.4. The van der Waals surface area contributed by atoms with Gasteiger partial charge in [0.25, 0.3) is 5.56 Å². The standard InChI is InChI=1S/C10H8N2O/c13-9-2-1-8-10-7(3-5-11-8)4-6-12(9)10/h1-3,5H,4,6H2. The van der Waals surface area contributed by atoms with Crippen molar-refractivity contribution in [1.82, 2.24) is 9.55 Å². The summed E-state index contributed by atoms with van der Waals surface area (Å²) < 4.78 is 1.80. The molecule has 0 N–H and O–H groups in total. The molecule has 0 amide bonds. The molecule has 0 spiro atoms. The second kappa shape index (κ2) is 2.19. The zero-order valence-electron chi connectivity index (χ0n) is 7.03. The van der Waals surface area contributed by atoms with Crippen LogP contribution in [0.15, 0.2) is 29.2 Å². The van der Waals surface area contributed by atoms with E-state index in [2.05, 4.69) is 4.98 Å². The van der Waals surface area contributed by atoms with Gasteiger partial charge in [0.1, 0.15) is 0 Å². The molecule has 2 aromatic rings. The fraction of sp³-hybridized carbons (Fsp3) is 0.200. The van der Waals surface area contributed by atoms with Crippen LogP contribution in [0.25, 0.3) is 11.0 Å². The van der Waals surface area contributed by atoms with Crippen molar-refractivity contribution in [2.24, 2.45) is 0 Å². The zero-order chi connectivity index (χ0) is 8.84. The summed E-state index contributed by atoms with van der Waals surface area (Å²) >= 11 is 0. The Bertz CT molecular complexity index is 542. The van der Waals surface area contributed by atoms with E-state index in [9.17, 15) is 4.79 Å². The quantitative estimate of drug-likeness (QED) is 0.593. The van der Waals surface area contributed by atoms with Crippen LogP contribution in [0, 0.1) is 0 Å². The summed E-state index contributed by atoms with van der Waals surface area (Å²) in [5, 5.41) is 0. The van der Waals surface area contributed by atoms with Crippen LogP contribution in [-0.4, -0.2) is 9.55 Å². The first-order chi connectivity index (χ1) is 6.36. The SMILES string of the molecule is O=c1ccc2nccc3c2n1CC3. The molecule has 0 saturated heterocycles. The van der Waals surface area contributed by atoms with Gasteiger partial charge in [-0.05, 0) is 24.1 Å². The molecule has 2 aromatic heterocycles. The second-order valence-corrected chi connectivity index (χ2v) is 3.28. The average molecular weight is 172 g/mol. The highest BCUT2D eigenvalue weighted by atomic mass is 16.1. The van der Waals surface area contributed by atoms with E-state index >= 15 is 0 Å². The van der Waals surface area contributed by atoms with Gasteiger partial charge in [0.15, 0.2) is 0 Å². The van der Waals surface area contributed by atoms with E-state index in [0.717, 1.165) is 24.0 Å². The smallest absolute Gasteiger partial charge is 0.251 e. The fourth-order valence-electron chi connectivity index (χ4n) is 1.95. The van der Waals surface area contributed by atoms with Crippen LogP contribution >= 0.6 is 0 Å². The Morgan fingerprint density at radius 3 is 3.15 bits per heavy atom. The fourth-order valence-corrected chi connectivity index (χ4v) is 1.95. The summed E-state index contributed by atoms with van der Waals surface area (Å²) in [5.74, 6) is 0. The molecule has 0 atom stereocenters. The molecule has 0 aromatic carbocycles. The molecular formula is C10H8N2O. The molecule has 1 aliphatic heterocycles. The first-order valence-electron chi connectivity index (χ1n) is 4.34. The molecule has 0 saturated carbocycles. The first-order valence-corrected chi connectivity index (χ1v) is 4.34.